The van der Waals surface area contributed by atoms with Crippen LogP contribution < -0.4 is 5.32 Å². The van der Waals surface area contributed by atoms with Crippen LogP contribution in [0.3, 0.4) is 0 Å². The first-order chi connectivity index (χ1) is 9.95. The first kappa shape index (κ1) is 17.0. The molecule has 2 aromatic carbocycles. The third-order valence-electron chi connectivity index (χ3n) is 3.19. The topological polar surface area (TPSA) is 32.3 Å². The zero-order valence-electron chi connectivity index (χ0n) is 11.5. The third-order valence-corrected chi connectivity index (χ3v) is 4.92. The molecule has 0 saturated heterocycles. The number of benzene rings is 2. The summed E-state index contributed by atoms with van der Waals surface area (Å²) in [5.74, 6) is 0.238. The molecule has 0 aliphatic carbocycles. The SMILES string of the molecule is CC(Cc1ccc(Br)cc1)NCc1cc(Br)c(O)c(Br)c1. The maximum Gasteiger partial charge on any atom is 0.143 e. The second kappa shape index (κ2) is 7.77. The van der Waals surface area contributed by atoms with Crippen LogP contribution in [0, 0.1) is 0 Å². The molecule has 0 heterocycles. The lowest BCUT2D eigenvalue weighted by Crippen LogP contribution is -2.27. The Morgan fingerprint density at radius 3 is 2.14 bits per heavy atom. The van der Waals surface area contributed by atoms with Crippen molar-refractivity contribution in [3.63, 3.8) is 0 Å². The van der Waals surface area contributed by atoms with E-state index >= 15 is 0 Å². The second-order valence-electron chi connectivity index (χ2n) is 5.02. The van der Waals surface area contributed by atoms with Crippen LogP contribution in [0.5, 0.6) is 5.75 Å². The highest BCUT2D eigenvalue weighted by Gasteiger charge is 2.08. The molecule has 0 aromatic heterocycles. The van der Waals surface area contributed by atoms with E-state index in [1.54, 1.807) is 0 Å². The van der Waals surface area contributed by atoms with Crippen LogP contribution in [0.4, 0.5) is 0 Å². The summed E-state index contributed by atoms with van der Waals surface area (Å²) in [5.41, 5.74) is 2.43. The van der Waals surface area contributed by atoms with Crippen molar-refractivity contribution in [2.24, 2.45) is 0 Å². The molecule has 112 valence electrons. The lowest BCUT2D eigenvalue weighted by molar-refractivity contribution is 0.467. The fourth-order valence-electron chi connectivity index (χ4n) is 2.06. The van der Waals surface area contributed by atoms with Crippen molar-refractivity contribution in [1.82, 2.24) is 5.32 Å². The molecular formula is C16H16Br3NO. The van der Waals surface area contributed by atoms with Gasteiger partial charge in [0.25, 0.3) is 0 Å². The molecule has 2 aromatic rings. The van der Waals surface area contributed by atoms with Gasteiger partial charge in [0.1, 0.15) is 5.75 Å². The second-order valence-corrected chi connectivity index (χ2v) is 7.64. The Hall–Kier alpha value is -0.360. The highest BCUT2D eigenvalue weighted by atomic mass is 79.9. The van der Waals surface area contributed by atoms with Crippen LogP contribution >= 0.6 is 47.8 Å². The van der Waals surface area contributed by atoms with Gasteiger partial charge in [0, 0.05) is 17.1 Å². The van der Waals surface area contributed by atoms with E-state index in [0.717, 1.165) is 23.0 Å². The van der Waals surface area contributed by atoms with Gasteiger partial charge in [-0.15, -0.1) is 0 Å². The molecule has 0 bridgehead atoms. The molecule has 1 atom stereocenters. The molecule has 0 aliphatic heterocycles. The Kier molecular flexibility index (Phi) is 6.29. The van der Waals surface area contributed by atoms with Gasteiger partial charge in [0.15, 0.2) is 0 Å². The number of phenolic OH excluding ortho intramolecular Hbond substituents is 1. The summed E-state index contributed by atoms with van der Waals surface area (Å²) in [6, 6.07) is 12.6. The lowest BCUT2D eigenvalue weighted by Gasteiger charge is -2.15. The first-order valence-corrected chi connectivity index (χ1v) is 8.98. The third kappa shape index (κ3) is 5.09. The molecule has 2 nitrogen and oxygen atoms in total. The van der Waals surface area contributed by atoms with Crippen LogP contribution in [0.15, 0.2) is 49.8 Å². The van der Waals surface area contributed by atoms with Gasteiger partial charge >= 0.3 is 0 Å². The van der Waals surface area contributed by atoms with Gasteiger partial charge in [-0.1, -0.05) is 28.1 Å². The fraction of sp³-hybridized carbons (Fsp3) is 0.250. The molecule has 2 rings (SSSR count). The first-order valence-electron chi connectivity index (χ1n) is 6.60. The lowest BCUT2D eigenvalue weighted by atomic mass is 10.1. The quantitative estimate of drug-likeness (QED) is 0.604. The number of phenols is 1. The van der Waals surface area contributed by atoms with Crippen LogP contribution in [0.25, 0.3) is 0 Å². The fourth-order valence-corrected chi connectivity index (χ4v) is 3.60. The van der Waals surface area contributed by atoms with Crippen molar-refractivity contribution in [3.8, 4) is 5.75 Å². The maximum absolute atomic E-state index is 9.71. The summed E-state index contributed by atoms with van der Waals surface area (Å²) in [4.78, 5) is 0. The van der Waals surface area contributed by atoms with Gasteiger partial charge in [-0.25, -0.2) is 0 Å². The summed E-state index contributed by atoms with van der Waals surface area (Å²) in [7, 11) is 0. The largest absolute Gasteiger partial charge is 0.506 e. The number of hydrogen-bond donors (Lipinski definition) is 2. The number of aromatic hydroxyl groups is 1. The van der Waals surface area contributed by atoms with Crippen molar-refractivity contribution in [1.29, 1.82) is 0 Å². The molecule has 21 heavy (non-hydrogen) atoms. The number of rotatable bonds is 5. The maximum atomic E-state index is 9.71. The molecule has 0 aliphatic rings. The van der Waals surface area contributed by atoms with Gasteiger partial charge in [-0.3, -0.25) is 0 Å². The normalized spacial score (nSPS) is 12.4. The van der Waals surface area contributed by atoms with Crippen LogP contribution in [0.2, 0.25) is 0 Å². The van der Waals surface area contributed by atoms with Gasteiger partial charge in [-0.2, -0.15) is 0 Å². The Morgan fingerprint density at radius 1 is 1.00 bits per heavy atom. The number of hydrogen-bond acceptors (Lipinski definition) is 2. The van der Waals surface area contributed by atoms with E-state index in [2.05, 4.69) is 84.3 Å². The molecule has 0 saturated carbocycles. The minimum atomic E-state index is 0.238. The van der Waals surface area contributed by atoms with Crippen molar-refractivity contribution in [2.45, 2.75) is 25.9 Å². The van der Waals surface area contributed by atoms with E-state index in [1.165, 1.54) is 5.56 Å². The van der Waals surface area contributed by atoms with E-state index < -0.39 is 0 Å². The minimum absolute atomic E-state index is 0.238. The van der Waals surface area contributed by atoms with Crippen molar-refractivity contribution in [3.05, 3.63) is 60.9 Å². The molecule has 5 heteroatoms. The minimum Gasteiger partial charge on any atom is -0.506 e. The Balaban J connectivity index is 1.92. The number of halogens is 3. The van der Waals surface area contributed by atoms with Crippen molar-refractivity contribution < 1.29 is 5.11 Å². The Morgan fingerprint density at radius 2 is 1.57 bits per heavy atom. The van der Waals surface area contributed by atoms with E-state index in [9.17, 15) is 5.11 Å². The average molecular weight is 478 g/mol. The number of nitrogens with one attached hydrogen (secondary N) is 1. The van der Waals surface area contributed by atoms with Gasteiger partial charge in [-0.05, 0) is 80.6 Å². The van der Waals surface area contributed by atoms with E-state index in [4.69, 9.17) is 0 Å². The summed E-state index contributed by atoms with van der Waals surface area (Å²) in [6.45, 7) is 2.93. The van der Waals surface area contributed by atoms with E-state index in [0.29, 0.717) is 15.0 Å². The monoisotopic (exact) mass is 475 g/mol. The molecule has 1 unspecified atom stereocenters. The van der Waals surface area contributed by atoms with Crippen LogP contribution in [-0.4, -0.2) is 11.1 Å². The van der Waals surface area contributed by atoms with Gasteiger partial charge in [0.2, 0.25) is 0 Å². The summed E-state index contributed by atoms with van der Waals surface area (Å²) >= 11 is 10.2. The summed E-state index contributed by atoms with van der Waals surface area (Å²) < 4.78 is 2.51. The highest BCUT2D eigenvalue weighted by molar-refractivity contribution is 9.11. The smallest absolute Gasteiger partial charge is 0.143 e. The molecular weight excluding hydrogens is 462 g/mol. The molecule has 2 N–H and O–H groups in total. The van der Waals surface area contributed by atoms with Crippen molar-refractivity contribution in [2.75, 3.05) is 0 Å². The van der Waals surface area contributed by atoms with Crippen LogP contribution in [-0.2, 0) is 13.0 Å². The zero-order chi connectivity index (χ0) is 15.4. The molecule has 0 radical (unpaired) electrons. The average Bonchev–Trinajstić information content (AvgIpc) is 2.45. The van der Waals surface area contributed by atoms with E-state index in [1.807, 2.05) is 12.1 Å². The van der Waals surface area contributed by atoms with Crippen molar-refractivity contribution >= 4 is 47.8 Å². The van der Waals surface area contributed by atoms with E-state index in [-0.39, 0.29) is 5.75 Å². The standard InChI is InChI=1S/C16H16Br3NO/c1-10(6-11-2-4-13(17)5-3-11)20-9-12-7-14(18)16(21)15(19)8-12/h2-5,7-8,10,20-21H,6,9H2,1H3. The molecule has 0 amide bonds. The zero-order valence-corrected chi connectivity index (χ0v) is 16.3. The Labute approximate surface area is 150 Å². The predicted molar refractivity (Wildman–Crippen MR) is 97.7 cm³/mol. The Bertz CT molecular complexity index is 590. The van der Waals surface area contributed by atoms with Crippen LogP contribution in [0.1, 0.15) is 18.1 Å². The molecule has 0 spiro atoms. The van der Waals surface area contributed by atoms with Gasteiger partial charge < -0.3 is 10.4 Å². The highest BCUT2D eigenvalue weighted by Crippen LogP contribution is 2.33. The molecule has 0 fully saturated rings. The summed E-state index contributed by atoms with van der Waals surface area (Å²) in [5, 5.41) is 13.2. The summed E-state index contributed by atoms with van der Waals surface area (Å²) in [6.07, 6.45) is 0.980. The predicted octanol–water partition coefficient (Wildman–Crippen LogP) is 5.40. The van der Waals surface area contributed by atoms with Gasteiger partial charge in [0.05, 0.1) is 8.95 Å².